The summed E-state index contributed by atoms with van der Waals surface area (Å²) in [6, 6.07) is 1.70. The van der Waals surface area contributed by atoms with E-state index < -0.39 is 15.2 Å². The molecule has 0 aromatic carbocycles. The number of aromatic nitrogens is 6. The van der Waals surface area contributed by atoms with E-state index in [1.165, 1.54) is 21.5 Å². The lowest BCUT2D eigenvalue weighted by atomic mass is 10.6. The van der Waals surface area contributed by atoms with E-state index in [0.717, 1.165) is 0 Å². The number of nitrogens with one attached hydrogen (secondary N) is 1. The highest BCUT2D eigenvalue weighted by Gasteiger charge is 2.24. The molecule has 3 aromatic heterocycles. The summed E-state index contributed by atoms with van der Waals surface area (Å²) in [5.41, 5.74) is 0.309. The molecule has 0 aliphatic rings. The zero-order chi connectivity index (χ0) is 16.6. The molecule has 0 atom stereocenters. The first-order valence-corrected chi connectivity index (χ1v) is 8.75. The average Bonchev–Trinajstić information content (AvgIpc) is 3.04. The molecule has 0 aliphatic carbocycles. The minimum absolute atomic E-state index is 0.148. The van der Waals surface area contributed by atoms with Gasteiger partial charge in [-0.3, -0.25) is 9.40 Å². The second-order valence-electron chi connectivity index (χ2n) is 4.43. The third-order valence-electron chi connectivity index (χ3n) is 2.73. The molecule has 122 valence electrons. The zero-order valence-corrected chi connectivity index (χ0v) is 14.5. The SMILES string of the molecule is CCOc1nccc2nc(S(=O)(=O)Nc3nn(C)cc3Br)nn12. The van der Waals surface area contributed by atoms with Crippen LogP contribution < -0.4 is 9.46 Å². The number of fused-ring (bicyclic) bond motifs is 1. The summed E-state index contributed by atoms with van der Waals surface area (Å²) in [5, 5.41) is 7.56. The van der Waals surface area contributed by atoms with Crippen LogP contribution >= 0.6 is 15.9 Å². The van der Waals surface area contributed by atoms with Crippen molar-refractivity contribution in [3.8, 4) is 6.01 Å². The summed E-state index contributed by atoms with van der Waals surface area (Å²) in [6.07, 6.45) is 3.08. The van der Waals surface area contributed by atoms with E-state index in [-0.39, 0.29) is 11.8 Å². The highest BCUT2D eigenvalue weighted by molar-refractivity contribution is 9.10. The lowest BCUT2D eigenvalue weighted by Gasteiger charge is -2.02. The van der Waals surface area contributed by atoms with E-state index in [1.807, 2.05) is 0 Å². The fourth-order valence-corrected chi connectivity index (χ4v) is 3.32. The number of anilines is 1. The number of sulfonamides is 1. The van der Waals surface area contributed by atoms with E-state index in [1.54, 1.807) is 20.2 Å². The largest absolute Gasteiger partial charge is 0.464 e. The Bertz CT molecular complexity index is 965. The van der Waals surface area contributed by atoms with E-state index in [2.05, 4.69) is 40.8 Å². The molecule has 0 spiro atoms. The lowest BCUT2D eigenvalue weighted by molar-refractivity contribution is 0.302. The minimum Gasteiger partial charge on any atom is -0.464 e. The van der Waals surface area contributed by atoms with Crippen molar-refractivity contribution >= 4 is 37.4 Å². The van der Waals surface area contributed by atoms with Crippen LogP contribution in [0.5, 0.6) is 6.01 Å². The predicted molar refractivity (Wildman–Crippen MR) is 83.7 cm³/mol. The molecule has 0 radical (unpaired) electrons. The lowest BCUT2D eigenvalue weighted by Crippen LogP contribution is -2.15. The molecular formula is C11H12BrN7O3S. The summed E-state index contributed by atoms with van der Waals surface area (Å²) in [7, 11) is -2.33. The van der Waals surface area contributed by atoms with Crippen LogP contribution in [0.25, 0.3) is 5.65 Å². The van der Waals surface area contributed by atoms with Crippen molar-refractivity contribution in [2.75, 3.05) is 11.3 Å². The maximum atomic E-state index is 12.4. The summed E-state index contributed by atoms with van der Waals surface area (Å²) in [4.78, 5) is 7.98. The standard InChI is InChI=1S/C11H12BrN7O3S/c1-3-22-11-13-5-4-8-14-10(16-19(8)11)23(20,21)17-9-7(12)6-18(2)15-9/h4-6H,3H2,1-2H3,(H,15,17). The minimum atomic E-state index is -4.00. The normalized spacial score (nSPS) is 11.8. The van der Waals surface area contributed by atoms with Gasteiger partial charge in [0.05, 0.1) is 11.1 Å². The van der Waals surface area contributed by atoms with Gasteiger partial charge in [0, 0.05) is 25.5 Å². The smallest absolute Gasteiger partial charge is 0.319 e. The number of hydrogen-bond acceptors (Lipinski definition) is 7. The van der Waals surface area contributed by atoms with Crippen LogP contribution in [0.4, 0.5) is 5.82 Å². The van der Waals surface area contributed by atoms with E-state index in [9.17, 15) is 8.42 Å². The molecule has 23 heavy (non-hydrogen) atoms. The highest BCUT2D eigenvalue weighted by atomic mass is 79.9. The third kappa shape index (κ3) is 2.99. The van der Waals surface area contributed by atoms with Crippen LogP contribution in [0.1, 0.15) is 6.92 Å². The van der Waals surface area contributed by atoms with Gasteiger partial charge in [-0.2, -0.15) is 23.0 Å². The Kier molecular flexibility index (Phi) is 3.93. The second-order valence-corrected chi connectivity index (χ2v) is 6.86. The topological polar surface area (TPSA) is 116 Å². The van der Waals surface area contributed by atoms with Crippen LogP contribution in [0.2, 0.25) is 0 Å². The summed E-state index contributed by atoms with van der Waals surface area (Å²) < 4.78 is 35.7. The first-order chi connectivity index (χ1) is 10.9. The van der Waals surface area contributed by atoms with Gasteiger partial charge in [0.1, 0.15) is 0 Å². The van der Waals surface area contributed by atoms with Gasteiger partial charge in [0.15, 0.2) is 11.5 Å². The van der Waals surface area contributed by atoms with Crippen molar-refractivity contribution in [1.82, 2.24) is 29.4 Å². The number of rotatable bonds is 5. The fraction of sp³-hybridized carbons (Fsp3) is 0.273. The zero-order valence-electron chi connectivity index (χ0n) is 12.1. The van der Waals surface area contributed by atoms with Crippen molar-refractivity contribution in [1.29, 1.82) is 0 Å². The van der Waals surface area contributed by atoms with Crippen LogP contribution in [0.15, 0.2) is 28.1 Å². The van der Waals surface area contributed by atoms with E-state index in [4.69, 9.17) is 4.74 Å². The predicted octanol–water partition coefficient (Wildman–Crippen LogP) is 0.820. The Hall–Kier alpha value is -2.21. The monoisotopic (exact) mass is 401 g/mol. The van der Waals surface area contributed by atoms with Crippen LogP contribution in [0, 0.1) is 0 Å². The van der Waals surface area contributed by atoms with Crippen molar-refractivity contribution in [3.63, 3.8) is 0 Å². The van der Waals surface area contributed by atoms with Gasteiger partial charge in [0.25, 0.3) is 5.16 Å². The molecular weight excluding hydrogens is 390 g/mol. The Morgan fingerprint density at radius 2 is 2.17 bits per heavy atom. The van der Waals surface area contributed by atoms with Crippen molar-refractivity contribution in [2.24, 2.45) is 7.05 Å². The van der Waals surface area contributed by atoms with Crippen LogP contribution in [-0.4, -0.2) is 44.4 Å². The molecule has 3 rings (SSSR count). The van der Waals surface area contributed by atoms with Crippen LogP contribution in [0.3, 0.4) is 0 Å². The van der Waals surface area contributed by atoms with Gasteiger partial charge in [0.2, 0.25) is 0 Å². The average molecular weight is 402 g/mol. The van der Waals surface area contributed by atoms with Gasteiger partial charge in [-0.15, -0.1) is 5.10 Å². The molecule has 0 bridgehead atoms. The summed E-state index contributed by atoms with van der Waals surface area (Å²) >= 11 is 3.22. The second kappa shape index (κ2) is 5.77. The van der Waals surface area contributed by atoms with Crippen molar-refractivity contribution in [3.05, 3.63) is 22.9 Å². The van der Waals surface area contributed by atoms with Gasteiger partial charge < -0.3 is 4.74 Å². The molecule has 3 aromatic rings. The third-order valence-corrected chi connectivity index (χ3v) is 4.43. The summed E-state index contributed by atoms with van der Waals surface area (Å²) in [6.45, 7) is 2.16. The van der Waals surface area contributed by atoms with Crippen molar-refractivity contribution in [2.45, 2.75) is 12.1 Å². The van der Waals surface area contributed by atoms with Gasteiger partial charge in [-0.05, 0) is 22.9 Å². The quantitative estimate of drug-likeness (QED) is 0.672. The first kappa shape index (κ1) is 15.7. The number of aryl methyl sites for hydroxylation is 1. The van der Waals surface area contributed by atoms with E-state index in [0.29, 0.717) is 16.7 Å². The molecule has 0 unspecified atom stereocenters. The number of hydrogen-bond donors (Lipinski definition) is 1. The Labute approximate surface area is 139 Å². The molecule has 0 aliphatic heterocycles. The first-order valence-electron chi connectivity index (χ1n) is 6.47. The Morgan fingerprint density at radius 1 is 1.39 bits per heavy atom. The van der Waals surface area contributed by atoms with E-state index >= 15 is 0 Å². The fourth-order valence-electron chi connectivity index (χ4n) is 1.82. The van der Waals surface area contributed by atoms with Gasteiger partial charge >= 0.3 is 16.0 Å². The molecule has 0 amide bonds. The molecule has 12 heteroatoms. The Morgan fingerprint density at radius 3 is 2.83 bits per heavy atom. The molecule has 0 saturated carbocycles. The molecule has 1 N–H and O–H groups in total. The highest BCUT2D eigenvalue weighted by Crippen LogP contribution is 2.22. The maximum absolute atomic E-state index is 12.4. The molecule has 3 heterocycles. The van der Waals surface area contributed by atoms with Gasteiger partial charge in [-0.1, -0.05) is 0 Å². The van der Waals surface area contributed by atoms with Crippen LogP contribution in [-0.2, 0) is 17.1 Å². The number of nitrogens with zero attached hydrogens (tertiary/aromatic N) is 6. The summed E-state index contributed by atoms with van der Waals surface area (Å²) in [5.74, 6) is 0.148. The molecule has 0 fully saturated rings. The molecule has 0 saturated heterocycles. The number of halogens is 1. The maximum Gasteiger partial charge on any atom is 0.319 e. The molecule has 10 nitrogen and oxygen atoms in total. The van der Waals surface area contributed by atoms with Gasteiger partial charge in [-0.25, -0.2) is 4.98 Å². The Balaban J connectivity index is 2.01. The number of ether oxygens (including phenoxy) is 1. The van der Waals surface area contributed by atoms with Crippen molar-refractivity contribution < 1.29 is 13.2 Å².